The van der Waals surface area contributed by atoms with Crippen LogP contribution in [0.15, 0.2) is 84.9 Å². The molecule has 0 fully saturated rings. The molecule has 3 aromatic carbocycles. The predicted octanol–water partition coefficient (Wildman–Crippen LogP) is 8.32. The lowest BCUT2D eigenvalue weighted by Gasteiger charge is -2.19. The first-order valence-electron chi connectivity index (χ1n) is 11.6. The Morgan fingerprint density at radius 3 is 1.32 bits per heavy atom. The predicted molar refractivity (Wildman–Crippen MR) is 138 cm³/mol. The van der Waals surface area contributed by atoms with Gasteiger partial charge in [0, 0.05) is 5.56 Å². The van der Waals surface area contributed by atoms with Crippen LogP contribution < -0.4 is 9.47 Å². The summed E-state index contributed by atoms with van der Waals surface area (Å²) in [6.45, 7) is 13.1. The van der Waals surface area contributed by atoms with Crippen LogP contribution in [0.1, 0.15) is 52.7 Å². The summed E-state index contributed by atoms with van der Waals surface area (Å²) in [5, 5.41) is 0. The van der Waals surface area contributed by atoms with Crippen LogP contribution >= 0.6 is 0 Å². The van der Waals surface area contributed by atoms with E-state index in [4.69, 9.17) is 9.47 Å². The summed E-state index contributed by atoms with van der Waals surface area (Å²) in [7, 11) is 0. The molecule has 1 aromatic heterocycles. The van der Waals surface area contributed by atoms with Crippen molar-refractivity contribution in [3.8, 4) is 34.6 Å². The Balaban J connectivity index is 1.64. The van der Waals surface area contributed by atoms with Gasteiger partial charge in [0.25, 0.3) is 0 Å². The topological polar surface area (TPSA) is 44.2 Å². The van der Waals surface area contributed by atoms with Gasteiger partial charge in [0.2, 0.25) is 11.8 Å². The second-order valence-electron chi connectivity index (χ2n) is 10.5. The summed E-state index contributed by atoms with van der Waals surface area (Å²) in [6, 6.07) is 27.8. The van der Waals surface area contributed by atoms with E-state index in [2.05, 4.69) is 75.8 Å². The highest BCUT2D eigenvalue weighted by molar-refractivity contribution is 5.56. The second-order valence-corrected chi connectivity index (χ2v) is 10.5. The van der Waals surface area contributed by atoms with E-state index in [-0.39, 0.29) is 10.8 Å². The molecule has 0 bridgehead atoms. The molecule has 4 nitrogen and oxygen atoms in total. The fourth-order valence-corrected chi connectivity index (χ4v) is 3.51. The lowest BCUT2D eigenvalue weighted by molar-refractivity contribution is 0.434. The molecule has 0 atom stereocenters. The largest absolute Gasteiger partial charge is 0.439 e. The monoisotopic (exact) mass is 452 g/mol. The molecular weight excluding hydrogens is 420 g/mol. The van der Waals surface area contributed by atoms with Gasteiger partial charge in [-0.2, -0.15) is 9.97 Å². The Morgan fingerprint density at radius 2 is 0.941 bits per heavy atom. The van der Waals surface area contributed by atoms with E-state index >= 15 is 0 Å². The van der Waals surface area contributed by atoms with Crippen LogP contribution in [0, 0.1) is 0 Å². The highest BCUT2D eigenvalue weighted by atomic mass is 16.5. The number of nitrogens with zero attached hydrogens (tertiary/aromatic N) is 2. The summed E-state index contributed by atoms with van der Waals surface area (Å²) in [5.74, 6) is 2.83. The number of benzene rings is 3. The first-order valence-corrected chi connectivity index (χ1v) is 11.6. The number of rotatable bonds is 5. The maximum Gasteiger partial charge on any atom is 0.226 e. The minimum absolute atomic E-state index is 0.0808. The van der Waals surface area contributed by atoms with Gasteiger partial charge in [0.05, 0.1) is 6.07 Å². The third kappa shape index (κ3) is 5.82. The number of hydrogen-bond donors (Lipinski definition) is 0. The van der Waals surface area contributed by atoms with Crippen molar-refractivity contribution in [3.63, 3.8) is 0 Å². The SMILES string of the molecule is CC(C)(C)c1ccc(Oc2cc(Oc3ccc(C(C)(C)C)cc3)nc(-c3ccccc3)n2)cc1. The maximum absolute atomic E-state index is 6.12. The smallest absolute Gasteiger partial charge is 0.226 e. The lowest BCUT2D eigenvalue weighted by atomic mass is 9.87. The third-order valence-electron chi connectivity index (χ3n) is 5.60. The minimum Gasteiger partial charge on any atom is -0.439 e. The van der Waals surface area contributed by atoms with Crippen molar-refractivity contribution in [2.24, 2.45) is 0 Å². The van der Waals surface area contributed by atoms with E-state index in [1.54, 1.807) is 6.07 Å². The Bertz CT molecular complexity index is 1160. The average molecular weight is 453 g/mol. The van der Waals surface area contributed by atoms with Crippen LogP contribution in [0.2, 0.25) is 0 Å². The van der Waals surface area contributed by atoms with E-state index in [0.717, 1.165) is 5.56 Å². The van der Waals surface area contributed by atoms with Crippen molar-refractivity contribution >= 4 is 0 Å². The minimum atomic E-state index is 0.0808. The summed E-state index contributed by atoms with van der Waals surface area (Å²) in [5.41, 5.74) is 3.55. The number of hydrogen-bond acceptors (Lipinski definition) is 4. The molecule has 0 aliphatic heterocycles. The zero-order chi connectivity index (χ0) is 24.3. The van der Waals surface area contributed by atoms with Gasteiger partial charge in [-0.15, -0.1) is 0 Å². The van der Waals surface area contributed by atoms with Crippen LogP contribution in [0.4, 0.5) is 0 Å². The number of ether oxygens (including phenoxy) is 2. The average Bonchev–Trinajstić information content (AvgIpc) is 2.79. The van der Waals surface area contributed by atoms with Gasteiger partial charge in [0.15, 0.2) is 5.82 Å². The summed E-state index contributed by atoms with van der Waals surface area (Å²) < 4.78 is 12.2. The van der Waals surface area contributed by atoms with Crippen molar-refractivity contribution in [2.75, 3.05) is 0 Å². The molecule has 0 N–H and O–H groups in total. The highest BCUT2D eigenvalue weighted by Gasteiger charge is 2.16. The van der Waals surface area contributed by atoms with Gasteiger partial charge in [-0.3, -0.25) is 0 Å². The molecule has 0 saturated carbocycles. The molecule has 174 valence electrons. The van der Waals surface area contributed by atoms with Gasteiger partial charge in [-0.25, -0.2) is 0 Å². The Kier molecular flexibility index (Phi) is 6.43. The molecule has 0 aliphatic carbocycles. The third-order valence-corrected chi connectivity index (χ3v) is 5.60. The molecule has 0 radical (unpaired) electrons. The van der Waals surface area contributed by atoms with Gasteiger partial charge in [0.1, 0.15) is 11.5 Å². The van der Waals surface area contributed by atoms with E-state index in [0.29, 0.717) is 29.1 Å². The van der Waals surface area contributed by atoms with Crippen molar-refractivity contribution in [1.82, 2.24) is 9.97 Å². The molecule has 0 aliphatic rings. The molecule has 34 heavy (non-hydrogen) atoms. The van der Waals surface area contributed by atoms with Crippen LogP contribution in [0.5, 0.6) is 23.3 Å². The fraction of sp³-hybridized carbons (Fsp3) is 0.267. The van der Waals surface area contributed by atoms with Gasteiger partial charge in [-0.05, 0) is 46.2 Å². The van der Waals surface area contributed by atoms with E-state index in [9.17, 15) is 0 Å². The van der Waals surface area contributed by atoms with E-state index in [1.165, 1.54) is 11.1 Å². The highest BCUT2D eigenvalue weighted by Crippen LogP contribution is 2.31. The molecule has 4 aromatic rings. The Hall–Kier alpha value is -3.66. The van der Waals surface area contributed by atoms with Crippen molar-refractivity contribution in [1.29, 1.82) is 0 Å². The van der Waals surface area contributed by atoms with Crippen molar-refractivity contribution < 1.29 is 9.47 Å². The van der Waals surface area contributed by atoms with Crippen LogP contribution in [-0.2, 0) is 10.8 Å². The first-order chi connectivity index (χ1) is 16.1. The lowest BCUT2D eigenvalue weighted by Crippen LogP contribution is -2.10. The number of aromatic nitrogens is 2. The fourth-order valence-electron chi connectivity index (χ4n) is 3.51. The zero-order valence-corrected chi connectivity index (χ0v) is 20.8. The summed E-state index contributed by atoms with van der Waals surface area (Å²) >= 11 is 0. The second kappa shape index (κ2) is 9.30. The zero-order valence-electron chi connectivity index (χ0n) is 20.8. The summed E-state index contributed by atoms with van der Waals surface area (Å²) in [6.07, 6.45) is 0. The first kappa shape index (κ1) is 23.5. The molecule has 0 amide bonds. The summed E-state index contributed by atoms with van der Waals surface area (Å²) in [4.78, 5) is 9.29. The molecule has 0 spiro atoms. The van der Waals surface area contributed by atoms with Gasteiger partial charge < -0.3 is 9.47 Å². The quantitative estimate of drug-likeness (QED) is 0.305. The molecule has 4 rings (SSSR count). The molecule has 0 unspecified atom stereocenters. The van der Waals surface area contributed by atoms with Crippen LogP contribution in [0.3, 0.4) is 0 Å². The van der Waals surface area contributed by atoms with Gasteiger partial charge >= 0.3 is 0 Å². The van der Waals surface area contributed by atoms with Gasteiger partial charge in [-0.1, -0.05) is 96.1 Å². The molecule has 1 heterocycles. The van der Waals surface area contributed by atoms with E-state index in [1.807, 2.05) is 54.6 Å². The Morgan fingerprint density at radius 1 is 0.529 bits per heavy atom. The maximum atomic E-state index is 6.12. The molecule has 0 saturated heterocycles. The molecular formula is C30H32N2O2. The standard InChI is InChI=1S/C30H32N2O2/c1-29(2,3)22-12-16-24(17-13-22)33-26-20-27(32-28(31-26)21-10-8-7-9-11-21)34-25-18-14-23(15-19-25)30(4,5)6/h7-20H,1-6H3. The normalized spacial score (nSPS) is 11.8. The van der Waals surface area contributed by atoms with Crippen LogP contribution in [-0.4, -0.2) is 9.97 Å². The van der Waals surface area contributed by atoms with E-state index < -0.39 is 0 Å². The Labute approximate surface area is 202 Å². The molecule has 4 heteroatoms. The van der Waals surface area contributed by atoms with Crippen LogP contribution in [0.25, 0.3) is 11.4 Å². The van der Waals surface area contributed by atoms with Crippen molar-refractivity contribution in [3.05, 3.63) is 96.1 Å². The van der Waals surface area contributed by atoms with Crippen molar-refractivity contribution in [2.45, 2.75) is 52.4 Å².